The van der Waals surface area contributed by atoms with E-state index in [1.165, 1.54) is 5.56 Å². The van der Waals surface area contributed by atoms with E-state index >= 15 is 0 Å². The first kappa shape index (κ1) is 24.5. The van der Waals surface area contributed by atoms with Crippen LogP contribution >= 0.6 is 11.6 Å². The summed E-state index contributed by atoms with van der Waals surface area (Å²) in [5.74, 6) is 0.480. The highest BCUT2D eigenvalue weighted by atomic mass is 35.5. The monoisotopic (exact) mass is 500 g/mol. The molecular weight excluding hydrogens is 468 g/mol. The van der Waals surface area contributed by atoms with Crippen LogP contribution in [-0.4, -0.2) is 51.9 Å². The van der Waals surface area contributed by atoms with Crippen molar-refractivity contribution in [1.29, 1.82) is 0 Å². The minimum Gasteiger partial charge on any atom is -0.347 e. The van der Waals surface area contributed by atoms with Crippen molar-refractivity contribution in [3.8, 4) is 0 Å². The van der Waals surface area contributed by atoms with Crippen molar-refractivity contribution < 1.29 is 4.79 Å². The van der Waals surface area contributed by atoms with Gasteiger partial charge in [-0.15, -0.1) is 0 Å². The summed E-state index contributed by atoms with van der Waals surface area (Å²) < 4.78 is 0. The van der Waals surface area contributed by atoms with Crippen LogP contribution in [0.4, 0.5) is 0 Å². The maximum atomic E-state index is 13.6. The van der Waals surface area contributed by atoms with Gasteiger partial charge in [0.15, 0.2) is 0 Å². The van der Waals surface area contributed by atoms with Gasteiger partial charge in [0.2, 0.25) is 0 Å². The molecular formula is C30H33ClN4O. The molecule has 0 radical (unpaired) electrons. The number of aromatic amines is 1. The van der Waals surface area contributed by atoms with E-state index in [9.17, 15) is 4.79 Å². The Morgan fingerprint density at radius 2 is 1.75 bits per heavy atom. The van der Waals surface area contributed by atoms with Crippen molar-refractivity contribution in [1.82, 2.24) is 19.8 Å². The third-order valence-corrected chi connectivity index (χ3v) is 8.18. The smallest absolute Gasteiger partial charge is 0.254 e. The number of fused-ring (bicyclic) bond motifs is 1. The van der Waals surface area contributed by atoms with Gasteiger partial charge in [0.1, 0.15) is 0 Å². The van der Waals surface area contributed by atoms with Gasteiger partial charge >= 0.3 is 0 Å². The van der Waals surface area contributed by atoms with Crippen LogP contribution in [0.5, 0.6) is 0 Å². The van der Waals surface area contributed by atoms with Crippen molar-refractivity contribution in [2.24, 2.45) is 5.92 Å². The largest absolute Gasteiger partial charge is 0.347 e. The molecule has 5 rings (SSSR count). The molecule has 5 nitrogen and oxygen atoms in total. The van der Waals surface area contributed by atoms with Gasteiger partial charge in [0.25, 0.3) is 5.91 Å². The molecule has 0 saturated carbocycles. The molecule has 36 heavy (non-hydrogen) atoms. The number of amides is 1. The zero-order valence-electron chi connectivity index (χ0n) is 21.0. The fraction of sp³-hybridized carbons (Fsp3) is 0.333. The van der Waals surface area contributed by atoms with E-state index < -0.39 is 0 Å². The Hall–Kier alpha value is -3.15. The average molecular weight is 501 g/mol. The van der Waals surface area contributed by atoms with Gasteiger partial charge < -0.3 is 9.88 Å². The third-order valence-electron chi connectivity index (χ3n) is 7.93. The van der Waals surface area contributed by atoms with Crippen LogP contribution in [0, 0.1) is 5.92 Å². The van der Waals surface area contributed by atoms with Gasteiger partial charge in [-0.25, -0.2) is 4.98 Å². The second-order valence-corrected chi connectivity index (χ2v) is 10.2. The summed E-state index contributed by atoms with van der Waals surface area (Å²) in [6.45, 7) is 7.55. The van der Waals surface area contributed by atoms with Crippen molar-refractivity contribution in [3.63, 3.8) is 0 Å². The van der Waals surface area contributed by atoms with Crippen LogP contribution < -0.4 is 0 Å². The minimum atomic E-state index is -0.256. The van der Waals surface area contributed by atoms with Gasteiger partial charge in [-0.2, -0.15) is 0 Å². The molecule has 6 heteroatoms. The number of benzene rings is 3. The van der Waals surface area contributed by atoms with Crippen LogP contribution in [0.2, 0.25) is 5.02 Å². The standard InChI is InChI=1S/C30H33ClN4O/c1-3-22(2)30(28-20-32-21-33-28,19-23-11-13-25(31)14-12-23)35-17-15-34(16-18-35)29(36)27-10-6-8-24-7-4-5-9-26(24)27/h4-14,20-22H,3,15-19H2,1-2H3,(H,32,33)/t22-,30?/m0/s1. The number of carbonyl (C=O) groups excluding carboxylic acids is 1. The highest BCUT2D eigenvalue weighted by molar-refractivity contribution is 6.30. The first-order valence-electron chi connectivity index (χ1n) is 12.8. The van der Waals surface area contributed by atoms with E-state index in [1.807, 2.05) is 53.6 Å². The lowest BCUT2D eigenvalue weighted by Crippen LogP contribution is -2.59. The topological polar surface area (TPSA) is 52.2 Å². The van der Waals surface area contributed by atoms with Crippen molar-refractivity contribution in [2.45, 2.75) is 32.2 Å². The number of hydrogen-bond donors (Lipinski definition) is 1. The lowest BCUT2D eigenvalue weighted by Gasteiger charge is -2.50. The number of rotatable bonds is 7. The Morgan fingerprint density at radius 3 is 2.44 bits per heavy atom. The SMILES string of the molecule is CC[C@H](C)C(Cc1ccc(Cl)cc1)(c1cnc[nH]1)N1CCN(C(=O)c2cccc3ccccc23)CC1. The van der Waals surface area contributed by atoms with Crippen LogP contribution in [0.15, 0.2) is 79.3 Å². The second-order valence-electron chi connectivity index (χ2n) is 9.81. The van der Waals surface area contributed by atoms with Gasteiger partial charge in [-0.3, -0.25) is 9.69 Å². The summed E-state index contributed by atoms with van der Waals surface area (Å²) >= 11 is 6.19. The van der Waals surface area contributed by atoms with Gasteiger partial charge in [0.05, 0.1) is 17.6 Å². The molecule has 4 aromatic rings. The van der Waals surface area contributed by atoms with Gasteiger partial charge in [0, 0.05) is 43.0 Å². The molecule has 0 bridgehead atoms. The van der Waals surface area contributed by atoms with Gasteiger partial charge in [-0.1, -0.05) is 80.4 Å². The molecule has 1 amide bonds. The Kier molecular flexibility index (Phi) is 7.13. The number of H-pyrrole nitrogens is 1. The summed E-state index contributed by atoms with van der Waals surface area (Å²) in [4.78, 5) is 26.0. The lowest BCUT2D eigenvalue weighted by atomic mass is 9.74. The quantitative estimate of drug-likeness (QED) is 0.330. The van der Waals surface area contributed by atoms with Crippen LogP contribution in [-0.2, 0) is 12.0 Å². The molecule has 1 aliphatic heterocycles. The molecule has 1 aliphatic rings. The highest BCUT2D eigenvalue weighted by Gasteiger charge is 2.45. The van der Waals surface area contributed by atoms with E-state index in [2.05, 4.69) is 53.0 Å². The van der Waals surface area contributed by atoms with Crippen molar-refractivity contribution >= 4 is 28.3 Å². The Balaban J connectivity index is 1.43. The molecule has 1 unspecified atom stereocenters. The Morgan fingerprint density at radius 1 is 1.03 bits per heavy atom. The molecule has 1 N–H and O–H groups in total. The fourth-order valence-electron chi connectivity index (χ4n) is 5.76. The third kappa shape index (κ3) is 4.54. The van der Waals surface area contributed by atoms with E-state index in [4.69, 9.17) is 11.6 Å². The van der Waals surface area contributed by atoms with Crippen LogP contribution in [0.25, 0.3) is 10.8 Å². The predicted octanol–water partition coefficient (Wildman–Crippen LogP) is 6.16. The molecule has 0 aliphatic carbocycles. The number of imidazole rings is 1. The normalized spacial score (nSPS) is 17.1. The molecule has 2 heterocycles. The predicted molar refractivity (Wildman–Crippen MR) is 146 cm³/mol. The summed E-state index contributed by atoms with van der Waals surface area (Å²) in [5, 5.41) is 2.86. The molecule has 186 valence electrons. The van der Waals surface area contributed by atoms with E-state index in [0.717, 1.165) is 53.0 Å². The fourth-order valence-corrected chi connectivity index (χ4v) is 5.89. The zero-order valence-corrected chi connectivity index (χ0v) is 21.7. The summed E-state index contributed by atoms with van der Waals surface area (Å²) in [6.07, 6.45) is 5.62. The number of nitrogens with zero attached hydrogens (tertiary/aromatic N) is 3. The summed E-state index contributed by atoms with van der Waals surface area (Å²) in [5.41, 5.74) is 2.89. The second kappa shape index (κ2) is 10.5. The number of aromatic nitrogens is 2. The Bertz CT molecular complexity index is 1310. The number of carbonyl (C=O) groups is 1. The molecule has 1 fully saturated rings. The summed E-state index contributed by atoms with van der Waals surface area (Å²) in [7, 11) is 0. The molecule has 1 saturated heterocycles. The number of hydrogen-bond acceptors (Lipinski definition) is 3. The number of piperazine rings is 1. The van der Waals surface area contributed by atoms with Crippen LogP contribution in [0.3, 0.4) is 0 Å². The van der Waals surface area contributed by atoms with Crippen molar-refractivity contribution in [2.75, 3.05) is 26.2 Å². The number of halogens is 1. The first-order chi connectivity index (χ1) is 17.5. The Labute approximate surface area is 218 Å². The summed E-state index contributed by atoms with van der Waals surface area (Å²) in [6, 6.07) is 22.3. The van der Waals surface area contributed by atoms with E-state index in [1.54, 1.807) is 6.33 Å². The van der Waals surface area contributed by atoms with Gasteiger partial charge in [-0.05, 0) is 46.9 Å². The molecule has 1 aromatic heterocycles. The van der Waals surface area contributed by atoms with E-state index in [0.29, 0.717) is 19.0 Å². The molecule has 0 spiro atoms. The van der Waals surface area contributed by atoms with Crippen molar-refractivity contribution in [3.05, 3.63) is 101 Å². The number of nitrogens with one attached hydrogen (secondary N) is 1. The molecule has 3 aromatic carbocycles. The maximum absolute atomic E-state index is 13.6. The minimum absolute atomic E-state index is 0.111. The maximum Gasteiger partial charge on any atom is 0.254 e. The lowest BCUT2D eigenvalue weighted by molar-refractivity contribution is -0.00769. The van der Waals surface area contributed by atoms with Crippen LogP contribution in [0.1, 0.15) is 41.9 Å². The van der Waals surface area contributed by atoms with E-state index in [-0.39, 0.29) is 11.4 Å². The molecule has 2 atom stereocenters. The average Bonchev–Trinajstić information content (AvgIpc) is 3.47. The highest BCUT2D eigenvalue weighted by Crippen LogP contribution is 2.41. The zero-order chi connectivity index (χ0) is 25.1. The first-order valence-corrected chi connectivity index (χ1v) is 13.2.